The molecule has 5 nitrogen and oxygen atoms in total. The fourth-order valence-corrected chi connectivity index (χ4v) is 2.70. The molecule has 1 aliphatic heterocycles. The van der Waals surface area contributed by atoms with E-state index in [4.69, 9.17) is 22.4 Å². The largest absolute Gasteiger partial charge is 0.480 e. The van der Waals surface area contributed by atoms with Crippen LogP contribution in [-0.4, -0.2) is 49.2 Å². The van der Waals surface area contributed by atoms with Crippen molar-refractivity contribution < 1.29 is 19.8 Å². The number of aliphatic carboxylic acids is 2. The topological polar surface area (TPSA) is 77.8 Å². The van der Waals surface area contributed by atoms with Gasteiger partial charge in [-0.05, 0) is 6.92 Å². The van der Waals surface area contributed by atoms with Crippen molar-refractivity contribution in [1.29, 1.82) is 0 Å². The molecule has 0 bridgehead atoms. The number of hydrogen-bond acceptors (Lipinski definition) is 4. The van der Waals surface area contributed by atoms with E-state index in [1.54, 1.807) is 0 Å². The minimum atomic E-state index is -1.07. The lowest BCUT2D eigenvalue weighted by molar-refractivity contribution is -0.145. The van der Waals surface area contributed by atoms with Crippen LogP contribution in [-0.2, 0) is 9.59 Å². The first kappa shape index (κ1) is 11.3. The highest BCUT2D eigenvalue weighted by molar-refractivity contribution is 8.23. The molecule has 0 aromatic heterocycles. The Morgan fingerprint density at radius 1 is 1.64 bits per heavy atom. The predicted molar refractivity (Wildman–Crippen MR) is 55.4 cm³/mol. The number of thioether (sulfide) groups is 1. The second-order valence-electron chi connectivity index (χ2n) is 2.85. The van der Waals surface area contributed by atoms with E-state index in [-0.39, 0.29) is 0 Å². The molecule has 2 N–H and O–H groups in total. The highest BCUT2D eigenvalue weighted by Crippen LogP contribution is 2.26. The minimum absolute atomic E-state index is 0.311. The zero-order chi connectivity index (χ0) is 10.9. The lowest BCUT2D eigenvalue weighted by atomic mass is 10.2. The van der Waals surface area contributed by atoms with Gasteiger partial charge in [-0.1, -0.05) is 24.0 Å². The summed E-state index contributed by atoms with van der Waals surface area (Å²) in [5, 5.41) is 17.6. The Morgan fingerprint density at radius 2 is 2.21 bits per heavy atom. The normalized spacial score (nSPS) is 23.6. The Labute approximate surface area is 90.1 Å². The Morgan fingerprint density at radius 3 is 2.64 bits per heavy atom. The van der Waals surface area contributed by atoms with Gasteiger partial charge in [-0.2, -0.15) is 0 Å². The van der Waals surface area contributed by atoms with Crippen molar-refractivity contribution in [2.75, 3.05) is 5.75 Å². The molecule has 1 aliphatic rings. The molecule has 78 valence electrons. The monoisotopic (exact) mass is 235 g/mol. The van der Waals surface area contributed by atoms with Crippen molar-refractivity contribution >= 4 is 40.2 Å². The van der Waals surface area contributed by atoms with E-state index >= 15 is 0 Å². The van der Waals surface area contributed by atoms with Gasteiger partial charge < -0.3 is 15.1 Å². The maximum Gasteiger partial charge on any atom is 0.327 e. The minimum Gasteiger partial charge on any atom is -0.480 e. The van der Waals surface area contributed by atoms with Crippen LogP contribution in [0, 0.1) is 0 Å². The smallest absolute Gasteiger partial charge is 0.327 e. The number of rotatable bonds is 3. The van der Waals surface area contributed by atoms with Gasteiger partial charge in [0, 0.05) is 5.75 Å². The first-order valence-electron chi connectivity index (χ1n) is 3.86. The number of carbonyl (C=O) groups is 2. The van der Waals surface area contributed by atoms with Crippen LogP contribution in [0.25, 0.3) is 0 Å². The third-order valence-electron chi connectivity index (χ3n) is 1.97. The predicted octanol–water partition coefficient (Wildman–Crippen LogP) is 0.246. The molecule has 14 heavy (non-hydrogen) atoms. The van der Waals surface area contributed by atoms with E-state index in [9.17, 15) is 9.59 Å². The summed E-state index contributed by atoms with van der Waals surface area (Å²) < 4.78 is 0.340. The van der Waals surface area contributed by atoms with E-state index in [2.05, 4.69) is 0 Å². The standard InChI is InChI=1S/C7H9NO4S2/c1-3(5(9)10)8-4(6(11)12)2-14-7(8)13/h3-4H,2H2,1H3,(H,9,10)(H,11,12). The second kappa shape index (κ2) is 4.14. The fraction of sp³-hybridized carbons (Fsp3) is 0.571. The average Bonchev–Trinajstić information content (AvgIpc) is 2.45. The molecule has 0 radical (unpaired) electrons. The third-order valence-corrected chi connectivity index (χ3v) is 3.48. The maximum absolute atomic E-state index is 10.8. The number of hydrogen-bond donors (Lipinski definition) is 2. The molecule has 1 fully saturated rings. The molecule has 0 aromatic carbocycles. The molecular weight excluding hydrogens is 226 g/mol. The third kappa shape index (κ3) is 1.98. The Balaban J connectivity index is 2.87. The van der Waals surface area contributed by atoms with Crippen LogP contribution in [0.4, 0.5) is 0 Å². The Kier molecular flexibility index (Phi) is 3.33. The van der Waals surface area contributed by atoms with Crippen molar-refractivity contribution in [2.45, 2.75) is 19.0 Å². The molecule has 0 amide bonds. The number of thiocarbonyl (C=S) groups is 1. The Hall–Kier alpha value is -0.820. The van der Waals surface area contributed by atoms with Crippen molar-refractivity contribution in [1.82, 2.24) is 4.90 Å². The molecule has 1 heterocycles. The van der Waals surface area contributed by atoms with Gasteiger partial charge in [0.2, 0.25) is 0 Å². The molecule has 0 saturated carbocycles. The van der Waals surface area contributed by atoms with E-state index in [0.29, 0.717) is 10.1 Å². The summed E-state index contributed by atoms with van der Waals surface area (Å²) in [6, 6.07) is -1.71. The highest BCUT2D eigenvalue weighted by Gasteiger charge is 2.39. The summed E-state index contributed by atoms with van der Waals surface area (Å²) in [5.74, 6) is -1.79. The van der Waals surface area contributed by atoms with E-state index in [0.717, 1.165) is 0 Å². The van der Waals surface area contributed by atoms with Gasteiger partial charge in [-0.3, -0.25) is 0 Å². The summed E-state index contributed by atoms with van der Waals surface area (Å²) >= 11 is 6.10. The fourth-order valence-electron chi connectivity index (χ4n) is 1.17. The maximum atomic E-state index is 10.8. The van der Waals surface area contributed by atoms with E-state index in [1.807, 2.05) is 0 Å². The summed E-state index contributed by atoms with van der Waals surface area (Å²) in [4.78, 5) is 22.7. The van der Waals surface area contributed by atoms with Crippen LogP contribution in [0.5, 0.6) is 0 Å². The number of nitrogens with zero attached hydrogens (tertiary/aromatic N) is 1. The van der Waals surface area contributed by atoms with Crippen LogP contribution >= 0.6 is 24.0 Å². The number of carboxylic acids is 2. The van der Waals surface area contributed by atoms with Crippen LogP contribution in [0.3, 0.4) is 0 Å². The van der Waals surface area contributed by atoms with Gasteiger partial charge in [-0.15, -0.1) is 0 Å². The second-order valence-corrected chi connectivity index (χ2v) is 4.51. The zero-order valence-electron chi connectivity index (χ0n) is 7.34. The lowest BCUT2D eigenvalue weighted by Crippen LogP contribution is -2.48. The van der Waals surface area contributed by atoms with Gasteiger partial charge in [0.15, 0.2) is 0 Å². The number of carboxylic acid groups (broad SMARTS) is 2. The van der Waals surface area contributed by atoms with Crippen LogP contribution in [0.1, 0.15) is 6.92 Å². The SMILES string of the molecule is CC(C(=O)O)N1C(=S)SCC1C(=O)O. The van der Waals surface area contributed by atoms with Gasteiger partial charge in [0.25, 0.3) is 0 Å². The summed E-state index contributed by atoms with van der Waals surface area (Å²) in [6.07, 6.45) is 0. The average molecular weight is 235 g/mol. The van der Waals surface area contributed by atoms with E-state index in [1.165, 1.54) is 23.6 Å². The van der Waals surface area contributed by atoms with Crippen molar-refractivity contribution in [3.05, 3.63) is 0 Å². The van der Waals surface area contributed by atoms with E-state index < -0.39 is 24.0 Å². The summed E-state index contributed by atoms with van der Waals surface area (Å²) in [7, 11) is 0. The van der Waals surface area contributed by atoms with Crippen molar-refractivity contribution in [2.24, 2.45) is 0 Å². The van der Waals surface area contributed by atoms with Crippen LogP contribution < -0.4 is 0 Å². The molecule has 0 aromatic rings. The highest BCUT2D eigenvalue weighted by atomic mass is 32.2. The van der Waals surface area contributed by atoms with Crippen molar-refractivity contribution in [3.63, 3.8) is 0 Å². The van der Waals surface area contributed by atoms with Gasteiger partial charge in [0.1, 0.15) is 16.4 Å². The van der Waals surface area contributed by atoms with Gasteiger partial charge in [-0.25, -0.2) is 9.59 Å². The first-order valence-corrected chi connectivity index (χ1v) is 5.25. The van der Waals surface area contributed by atoms with Crippen LogP contribution in [0.2, 0.25) is 0 Å². The quantitative estimate of drug-likeness (QED) is 0.679. The summed E-state index contributed by atoms with van der Waals surface area (Å²) in [6.45, 7) is 1.43. The lowest BCUT2D eigenvalue weighted by Gasteiger charge is -2.26. The van der Waals surface area contributed by atoms with Crippen LogP contribution in [0.15, 0.2) is 0 Å². The molecule has 1 rings (SSSR count). The molecular formula is C7H9NO4S2. The first-order chi connectivity index (χ1) is 6.45. The van der Waals surface area contributed by atoms with Gasteiger partial charge in [0.05, 0.1) is 0 Å². The molecule has 2 unspecified atom stereocenters. The molecule has 7 heteroatoms. The zero-order valence-corrected chi connectivity index (χ0v) is 8.97. The molecule has 1 saturated heterocycles. The van der Waals surface area contributed by atoms with Crippen molar-refractivity contribution in [3.8, 4) is 0 Å². The molecule has 2 atom stereocenters. The van der Waals surface area contributed by atoms with Gasteiger partial charge >= 0.3 is 11.9 Å². The summed E-state index contributed by atoms with van der Waals surface area (Å²) in [5.41, 5.74) is 0. The Bertz CT molecular complexity index is 293. The molecule has 0 spiro atoms. The molecule has 0 aliphatic carbocycles.